The van der Waals surface area contributed by atoms with Crippen molar-refractivity contribution in [2.75, 3.05) is 0 Å². The van der Waals surface area contributed by atoms with Gasteiger partial charge in [0.15, 0.2) is 0 Å². The Morgan fingerprint density at radius 3 is 2.76 bits per heavy atom. The van der Waals surface area contributed by atoms with Gasteiger partial charge in [0.2, 0.25) is 0 Å². The molecule has 0 saturated carbocycles. The molecular formula is C19H19NO. The smallest absolute Gasteiger partial charge is 0.0798 e. The summed E-state index contributed by atoms with van der Waals surface area (Å²) in [6.45, 7) is 4.44. The molecule has 1 aliphatic rings. The van der Waals surface area contributed by atoms with E-state index >= 15 is 0 Å². The Morgan fingerprint density at radius 1 is 1.10 bits per heavy atom. The number of aliphatic hydroxyl groups excluding tert-OH is 1. The first kappa shape index (κ1) is 12.8. The summed E-state index contributed by atoms with van der Waals surface area (Å²) in [4.78, 5) is 4.71. The van der Waals surface area contributed by atoms with Gasteiger partial charge in [-0.1, -0.05) is 50.2 Å². The van der Waals surface area contributed by atoms with Gasteiger partial charge in [0.05, 0.1) is 11.6 Å². The Bertz CT molecular complexity index is 851. The third-order valence-electron chi connectivity index (χ3n) is 4.66. The van der Waals surface area contributed by atoms with E-state index in [2.05, 4.69) is 44.2 Å². The maximum atomic E-state index is 10.4. The second-order valence-corrected chi connectivity index (χ2v) is 6.94. The normalized spacial score (nSPS) is 20.6. The fourth-order valence-corrected chi connectivity index (χ4v) is 3.69. The molecule has 1 aromatic heterocycles. The largest absolute Gasteiger partial charge is 0.388 e. The van der Waals surface area contributed by atoms with Crippen molar-refractivity contribution in [1.82, 2.24) is 4.98 Å². The predicted octanol–water partition coefficient (Wildman–Crippen LogP) is 4.39. The van der Waals surface area contributed by atoms with Crippen LogP contribution in [0.3, 0.4) is 0 Å². The molecule has 0 bridgehead atoms. The minimum Gasteiger partial charge on any atom is -0.388 e. The van der Waals surface area contributed by atoms with Crippen LogP contribution < -0.4 is 0 Å². The first-order valence-electron chi connectivity index (χ1n) is 7.52. The zero-order valence-electron chi connectivity index (χ0n) is 12.4. The highest BCUT2D eigenvalue weighted by Gasteiger charge is 2.32. The van der Waals surface area contributed by atoms with Gasteiger partial charge in [0.25, 0.3) is 0 Å². The monoisotopic (exact) mass is 277 g/mol. The lowest BCUT2D eigenvalue weighted by Crippen LogP contribution is -2.25. The summed E-state index contributed by atoms with van der Waals surface area (Å²) >= 11 is 0. The topological polar surface area (TPSA) is 33.1 Å². The van der Waals surface area contributed by atoms with Gasteiger partial charge in [-0.05, 0) is 34.8 Å². The Balaban J connectivity index is 2.08. The molecule has 0 aliphatic heterocycles. The molecule has 0 spiro atoms. The van der Waals surface area contributed by atoms with E-state index in [0.29, 0.717) is 0 Å². The fraction of sp³-hybridized carbons (Fsp3) is 0.316. The lowest BCUT2D eigenvalue weighted by molar-refractivity contribution is 0.100. The van der Waals surface area contributed by atoms with Crippen LogP contribution in [0.15, 0.2) is 42.6 Å². The number of fused-ring (bicyclic) bond motifs is 5. The van der Waals surface area contributed by atoms with Crippen molar-refractivity contribution >= 4 is 21.7 Å². The predicted molar refractivity (Wildman–Crippen MR) is 86.3 cm³/mol. The van der Waals surface area contributed by atoms with Gasteiger partial charge >= 0.3 is 0 Å². The molecular weight excluding hydrogens is 258 g/mol. The lowest BCUT2D eigenvalue weighted by Gasteiger charge is -2.35. The molecule has 2 aromatic carbocycles. The number of nitrogens with zero attached hydrogens (tertiary/aromatic N) is 1. The Hall–Kier alpha value is -1.93. The minimum atomic E-state index is -0.374. The molecule has 1 aliphatic carbocycles. The van der Waals surface area contributed by atoms with Gasteiger partial charge in [0, 0.05) is 17.0 Å². The van der Waals surface area contributed by atoms with E-state index in [0.717, 1.165) is 23.9 Å². The SMILES string of the molecule is CC1(C)Cc2c(ccc3c2ncc2ccccc23)C(O)C1. The van der Waals surface area contributed by atoms with Gasteiger partial charge in [-0.2, -0.15) is 0 Å². The van der Waals surface area contributed by atoms with Crippen LogP contribution in [0.1, 0.15) is 37.5 Å². The van der Waals surface area contributed by atoms with Gasteiger partial charge in [-0.15, -0.1) is 0 Å². The number of rotatable bonds is 0. The third-order valence-corrected chi connectivity index (χ3v) is 4.66. The lowest BCUT2D eigenvalue weighted by atomic mass is 9.72. The first-order valence-corrected chi connectivity index (χ1v) is 7.52. The highest BCUT2D eigenvalue weighted by molar-refractivity contribution is 6.06. The van der Waals surface area contributed by atoms with E-state index in [9.17, 15) is 5.11 Å². The maximum absolute atomic E-state index is 10.4. The molecule has 0 saturated heterocycles. The molecule has 1 atom stereocenters. The van der Waals surface area contributed by atoms with Gasteiger partial charge in [-0.25, -0.2) is 0 Å². The van der Waals surface area contributed by atoms with Crippen LogP contribution in [0.5, 0.6) is 0 Å². The van der Waals surface area contributed by atoms with E-state index in [1.165, 1.54) is 21.7 Å². The van der Waals surface area contributed by atoms with E-state index in [1.54, 1.807) is 0 Å². The number of pyridine rings is 1. The van der Waals surface area contributed by atoms with Crippen molar-refractivity contribution in [2.45, 2.75) is 32.8 Å². The first-order chi connectivity index (χ1) is 10.1. The van der Waals surface area contributed by atoms with Gasteiger partial charge in [0.1, 0.15) is 0 Å². The molecule has 21 heavy (non-hydrogen) atoms. The fourth-order valence-electron chi connectivity index (χ4n) is 3.69. The standard InChI is InChI=1S/C19H19NO/c1-19(2)9-16-14(17(21)10-19)7-8-15-13-6-4-3-5-12(13)11-20-18(15)16/h3-8,11,17,21H,9-10H2,1-2H3. The van der Waals surface area contributed by atoms with E-state index < -0.39 is 0 Å². The highest BCUT2D eigenvalue weighted by Crippen LogP contribution is 2.43. The van der Waals surface area contributed by atoms with E-state index in [-0.39, 0.29) is 11.5 Å². The van der Waals surface area contributed by atoms with Crippen LogP contribution in [0, 0.1) is 5.41 Å². The molecule has 0 amide bonds. The van der Waals surface area contributed by atoms with Crippen LogP contribution >= 0.6 is 0 Å². The summed E-state index contributed by atoms with van der Waals surface area (Å²) in [6, 6.07) is 12.6. The molecule has 3 aromatic rings. The van der Waals surface area contributed by atoms with E-state index in [4.69, 9.17) is 4.98 Å². The second kappa shape index (κ2) is 4.28. The van der Waals surface area contributed by atoms with E-state index in [1.807, 2.05) is 12.3 Å². The van der Waals surface area contributed by atoms with Crippen LogP contribution in [0.2, 0.25) is 0 Å². The summed E-state index contributed by atoms with van der Waals surface area (Å²) in [7, 11) is 0. The number of hydrogen-bond acceptors (Lipinski definition) is 2. The van der Waals surface area contributed by atoms with Crippen molar-refractivity contribution in [1.29, 1.82) is 0 Å². The number of benzene rings is 2. The molecule has 2 nitrogen and oxygen atoms in total. The van der Waals surface area contributed by atoms with Gasteiger partial charge in [-0.3, -0.25) is 4.98 Å². The quantitative estimate of drug-likeness (QED) is 0.618. The molecule has 1 heterocycles. The van der Waals surface area contributed by atoms with Crippen LogP contribution in [-0.2, 0) is 6.42 Å². The molecule has 1 N–H and O–H groups in total. The van der Waals surface area contributed by atoms with Gasteiger partial charge < -0.3 is 5.11 Å². The van der Waals surface area contributed by atoms with Crippen LogP contribution in [0.4, 0.5) is 0 Å². The molecule has 106 valence electrons. The number of hydrogen-bond donors (Lipinski definition) is 1. The summed E-state index contributed by atoms with van der Waals surface area (Å²) in [5.74, 6) is 0. The molecule has 4 rings (SSSR count). The minimum absolute atomic E-state index is 0.119. The van der Waals surface area contributed by atoms with Crippen molar-refractivity contribution in [3.05, 3.63) is 53.7 Å². The van der Waals surface area contributed by atoms with Crippen molar-refractivity contribution in [2.24, 2.45) is 5.41 Å². The molecule has 0 fully saturated rings. The zero-order chi connectivity index (χ0) is 14.6. The molecule has 2 heteroatoms. The van der Waals surface area contributed by atoms with Crippen molar-refractivity contribution < 1.29 is 5.11 Å². The average Bonchev–Trinajstić information content (AvgIpc) is 2.45. The summed E-state index contributed by atoms with van der Waals surface area (Å²) < 4.78 is 0. The Kier molecular flexibility index (Phi) is 2.61. The summed E-state index contributed by atoms with van der Waals surface area (Å²) in [5, 5.41) is 14.0. The highest BCUT2D eigenvalue weighted by atomic mass is 16.3. The third kappa shape index (κ3) is 1.94. The Morgan fingerprint density at radius 2 is 1.90 bits per heavy atom. The summed E-state index contributed by atoms with van der Waals surface area (Å²) in [6.07, 6.45) is 3.37. The molecule has 1 unspecified atom stereocenters. The van der Waals surface area contributed by atoms with Crippen molar-refractivity contribution in [3.8, 4) is 0 Å². The van der Waals surface area contributed by atoms with Crippen LogP contribution in [-0.4, -0.2) is 10.1 Å². The number of aliphatic hydroxyl groups is 1. The van der Waals surface area contributed by atoms with Crippen molar-refractivity contribution in [3.63, 3.8) is 0 Å². The Labute approximate surface area is 124 Å². The maximum Gasteiger partial charge on any atom is 0.0798 e. The number of aromatic nitrogens is 1. The average molecular weight is 277 g/mol. The van der Waals surface area contributed by atoms with Crippen LogP contribution in [0.25, 0.3) is 21.7 Å². The molecule has 0 radical (unpaired) electrons. The second-order valence-electron chi connectivity index (χ2n) is 6.94. The summed E-state index contributed by atoms with van der Waals surface area (Å²) in [5.41, 5.74) is 3.46. The zero-order valence-corrected chi connectivity index (χ0v) is 12.4.